The Bertz CT molecular complexity index is 405. The number of nitrogens with one attached hydrogen (secondary N) is 2. The predicted octanol–water partition coefficient (Wildman–Crippen LogP) is 0.200. The van der Waals surface area contributed by atoms with Gasteiger partial charge in [-0.25, -0.2) is 0 Å². The van der Waals surface area contributed by atoms with Gasteiger partial charge in [-0.2, -0.15) is 0 Å². The van der Waals surface area contributed by atoms with Crippen LogP contribution in [0.5, 0.6) is 0 Å². The van der Waals surface area contributed by atoms with Crippen molar-refractivity contribution >= 4 is 11.8 Å². The Labute approximate surface area is 113 Å². The maximum atomic E-state index is 11.8. The highest BCUT2D eigenvalue weighted by atomic mass is 16.5. The minimum Gasteiger partial charge on any atom is -0.381 e. The van der Waals surface area contributed by atoms with Crippen LogP contribution in [-0.4, -0.2) is 37.1 Å². The molecule has 19 heavy (non-hydrogen) atoms. The van der Waals surface area contributed by atoms with Gasteiger partial charge >= 0.3 is 0 Å². The maximum Gasteiger partial charge on any atom is 0.296 e. The van der Waals surface area contributed by atoms with E-state index in [-0.39, 0.29) is 29.8 Å². The Balaban J connectivity index is 1.80. The molecule has 2 aliphatic rings. The van der Waals surface area contributed by atoms with Gasteiger partial charge in [-0.3, -0.25) is 9.59 Å². The van der Waals surface area contributed by atoms with Crippen molar-refractivity contribution in [2.75, 3.05) is 13.2 Å². The van der Waals surface area contributed by atoms with E-state index >= 15 is 0 Å². The third kappa shape index (κ3) is 4.25. The summed E-state index contributed by atoms with van der Waals surface area (Å²) in [6.45, 7) is 3.35. The Morgan fingerprint density at radius 1 is 1.37 bits per heavy atom. The smallest absolute Gasteiger partial charge is 0.296 e. The van der Waals surface area contributed by atoms with Crippen LogP contribution >= 0.6 is 0 Å². The van der Waals surface area contributed by atoms with Crippen molar-refractivity contribution in [1.82, 2.24) is 10.6 Å². The van der Waals surface area contributed by atoms with Gasteiger partial charge < -0.3 is 15.4 Å². The SMILES string of the molecule is CC1NC(=O)CCC1NC(=O)C#CC1CCOCC1. The Morgan fingerprint density at radius 2 is 2.11 bits per heavy atom. The molecular weight excluding hydrogens is 244 g/mol. The molecule has 2 unspecified atom stereocenters. The Kier molecular flexibility index (Phi) is 4.80. The average Bonchev–Trinajstić information content (AvgIpc) is 2.41. The summed E-state index contributed by atoms with van der Waals surface area (Å²) >= 11 is 0. The number of ether oxygens (including phenoxy) is 1. The summed E-state index contributed by atoms with van der Waals surface area (Å²) in [7, 11) is 0. The molecule has 0 aromatic rings. The van der Waals surface area contributed by atoms with Gasteiger partial charge in [-0.05, 0) is 32.1 Å². The number of hydrogen-bond acceptors (Lipinski definition) is 3. The van der Waals surface area contributed by atoms with Gasteiger partial charge in [0.05, 0.1) is 6.04 Å². The summed E-state index contributed by atoms with van der Waals surface area (Å²) in [6, 6.07) is -0.0516. The number of amides is 2. The van der Waals surface area contributed by atoms with Gasteiger partial charge in [-0.1, -0.05) is 5.92 Å². The largest absolute Gasteiger partial charge is 0.381 e. The number of rotatable bonds is 1. The van der Waals surface area contributed by atoms with Crippen LogP contribution in [0.2, 0.25) is 0 Å². The molecule has 2 aliphatic heterocycles. The number of carbonyl (C=O) groups is 2. The van der Waals surface area contributed by atoms with Gasteiger partial charge in [0.25, 0.3) is 5.91 Å². The van der Waals surface area contributed by atoms with E-state index in [4.69, 9.17) is 4.74 Å². The van der Waals surface area contributed by atoms with E-state index in [1.54, 1.807) is 0 Å². The van der Waals surface area contributed by atoms with E-state index in [1.165, 1.54) is 0 Å². The quantitative estimate of drug-likeness (QED) is 0.665. The molecule has 2 N–H and O–H groups in total. The molecule has 2 saturated heterocycles. The molecule has 104 valence electrons. The predicted molar refractivity (Wildman–Crippen MR) is 70.1 cm³/mol. The molecule has 0 spiro atoms. The molecular formula is C14H20N2O3. The summed E-state index contributed by atoms with van der Waals surface area (Å²) in [6.07, 6.45) is 2.94. The Morgan fingerprint density at radius 3 is 2.79 bits per heavy atom. The van der Waals surface area contributed by atoms with Gasteiger partial charge in [0.1, 0.15) is 0 Å². The van der Waals surface area contributed by atoms with E-state index in [2.05, 4.69) is 22.5 Å². The molecule has 0 aliphatic carbocycles. The zero-order valence-electron chi connectivity index (χ0n) is 11.2. The third-order valence-electron chi connectivity index (χ3n) is 3.60. The fraction of sp³-hybridized carbons (Fsp3) is 0.714. The van der Waals surface area contributed by atoms with Crippen molar-refractivity contribution < 1.29 is 14.3 Å². The van der Waals surface area contributed by atoms with E-state index < -0.39 is 0 Å². The van der Waals surface area contributed by atoms with Crippen molar-refractivity contribution in [2.24, 2.45) is 5.92 Å². The van der Waals surface area contributed by atoms with Crippen LogP contribution in [0.25, 0.3) is 0 Å². The van der Waals surface area contributed by atoms with E-state index in [0.29, 0.717) is 12.8 Å². The standard InChI is InChI=1S/C14H20N2O3/c1-10-12(3-5-13(17)15-10)16-14(18)4-2-11-6-8-19-9-7-11/h10-12H,3,5-9H2,1H3,(H,15,17)(H,16,18). The van der Waals surface area contributed by atoms with E-state index in [0.717, 1.165) is 26.1 Å². The van der Waals surface area contributed by atoms with Crippen LogP contribution in [0.3, 0.4) is 0 Å². The van der Waals surface area contributed by atoms with Crippen LogP contribution in [0.4, 0.5) is 0 Å². The van der Waals surface area contributed by atoms with Gasteiger partial charge in [0, 0.05) is 31.6 Å². The third-order valence-corrected chi connectivity index (χ3v) is 3.60. The highest BCUT2D eigenvalue weighted by Crippen LogP contribution is 2.13. The topological polar surface area (TPSA) is 67.4 Å². The fourth-order valence-electron chi connectivity index (χ4n) is 2.37. The van der Waals surface area contributed by atoms with Crippen molar-refractivity contribution in [3.63, 3.8) is 0 Å². The number of piperidine rings is 1. The van der Waals surface area contributed by atoms with Crippen molar-refractivity contribution in [3.8, 4) is 11.8 Å². The van der Waals surface area contributed by atoms with Gasteiger partial charge in [0.2, 0.25) is 5.91 Å². The first-order chi connectivity index (χ1) is 9.15. The summed E-state index contributed by atoms with van der Waals surface area (Å²) < 4.78 is 5.24. The monoisotopic (exact) mass is 264 g/mol. The van der Waals surface area contributed by atoms with Gasteiger partial charge in [0.15, 0.2) is 0 Å². The molecule has 0 aromatic carbocycles. The van der Waals surface area contributed by atoms with Crippen molar-refractivity contribution in [1.29, 1.82) is 0 Å². The van der Waals surface area contributed by atoms with Crippen LogP contribution in [0, 0.1) is 17.8 Å². The molecule has 2 rings (SSSR count). The van der Waals surface area contributed by atoms with Crippen LogP contribution in [0.1, 0.15) is 32.6 Å². The second kappa shape index (κ2) is 6.58. The molecule has 0 saturated carbocycles. The van der Waals surface area contributed by atoms with E-state index in [1.807, 2.05) is 6.92 Å². The van der Waals surface area contributed by atoms with Crippen molar-refractivity contribution in [2.45, 2.75) is 44.7 Å². The molecule has 0 aromatic heterocycles. The second-order valence-corrected chi connectivity index (χ2v) is 5.13. The highest BCUT2D eigenvalue weighted by Gasteiger charge is 2.25. The molecule has 0 bridgehead atoms. The lowest BCUT2D eigenvalue weighted by Gasteiger charge is -2.29. The molecule has 2 heterocycles. The van der Waals surface area contributed by atoms with Crippen LogP contribution < -0.4 is 10.6 Å². The second-order valence-electron chi connectivity index (χ2n) is 5.13. The first-order valence-electron chi connectivity index (χ1n) is 6.84. The highest BCUT2D eigenvalue weighted by molar-refractivity contribution is 5.94. The summed E-state index contributed by atoms with van der Waals surface area (Å²) in [4.78, 5) is 22.9. The van der Waals surface area contributed by atoms with E-state index in [9.17, 15) is 9.59 Å². The molecule has 2 amide bonds. The summed E-state index contributed by atoms with van der Waals surface area (Å²) in [5.74, 6) is 5.73. The molecule has 2 fully saturated rings. The molecule has 2 atom stereocenters. The van der Waals surface area contributed by atoms with Gasteiger partial charge in [-0.15, -0.1) is 0 Å². The lowest BCUT2D eigenvalue weighted by Crippen LogP contribution is -2.53. The Hall–Kier alpha value is -1.54. The first-order valence-corrected chi connectivity index (χ1v) is 6.84. The van der Waals surface area contributed by atoms with Crippen LogP contribution in [0.15, 0.2) is 0 Å². The summed E-state index contributed by atoms with van der Waals surface area (Å²) in [5, 5.41) is 5.69. The molecule has 0 radical (unpaired) electrons. The zero-order chi connectivity index (χ0) is 13.7. The van der Waals surface area contributed by atoms with Crippen LogP contribution in [-0.2, 0) is 14.3 Å². The lowest BCUT2D eigenvalue weighted by molar-refractivity contribution is -0.125. The lowest BCUT2D eigenvalue weighted by atomic mass is 9.99. The minimum atomic E-state index is -0.250. The number of carbonyl (C=O) groups excluding carboxylic acids is 2. The number of hydrogen-bond donors (Lipinski definition) is 2. The molecule has 5 nitrogen and oxygen atoms in total. The molecule has 5 heteroatoms. The summed E-state index contributed by atoms with van der Waals surface area (Å²) in [5.41, 5.74) is 0. The van der Waals surface area contributed by atoms with Crippen molar-refractivity contribution in [3.05, 3.63) is 0 Å². The zero-order valence-corrected chi connectivity index (χ0v) is 11.2. The minimum absolute atomic E-state index is 0.0193. The first kappa shape index (κ1) is 13.9. The normalized spacial score (nSPS) is 27.9. The maximum absolute atomic E-state index is 11.8. The average molecular weight is 264 g/mol. The fourth-order valence-corrected chi connectivity index (χ4v) is 2.37.